The minimum Gasteiger partial charge on any atom is -0.311 e. The van der Waals surface area contributed by atoms with Crippen molar-refractivity contribution in [1.82, 2.24) is 10.6 Å². The molecule has 0 radical (unpaired) electrons. The second-order valence-electron chi connectivity index (χ2n) is 3.28. The number of nitrogens with one attached hydrogen (secondary N) is 2. The van der Waals surface area contributed by atoms with Gasteiger partial charge in [-0.1, -0.05) is 6.92 Å². The van der Waals surface area contributed by atoms with Crippen LogP contribution >= 0.6 is 0 Å². The third kappa shape index (κ3) is 1.70. The van der Waals surface area contributed by atoms with E-state index in [2.05, 4.69) is 31.4 Å². The van der Waals surface area contributed by atoms with Crippen LogP contribution in [0.5, 0.6) is 0 Å². The van der Waals surface area contributed by atoms with Crippen LogP contribution in [0.3, 0.4) is 0 Å². The molecule has 2 nitrogen and oxygen atoms in total. The van der Waals surface area contributed by atoms with Gasteiger partial charge in [0.05, 0.1) is 0 Å². The zero-order valence-corrected chi connectivity index (χ0v) is 7.15. The van der Waals surface area contributed by atoms with E-state index in [0.29, 0.717) is 18.1 Å². The van der Waals surface area contributed by atoms with Crippen LogP contribution in [0.4, 0.5) is 0 Å². The maximum atomic E-state index is 3.52. The average Bonchev–Trinajstić information content (AvgIpc) is 1.88. The molecule has 0 aliphatic carbocycles. The van der Waals surface area contributed by atoms with Crippen LogP contribution in [0.2, 0.25) is 0 Å². The Morgan fingerprint density at radius 3 is 2.60 bits per heavy atom. The molecular weight excluding hydrogens is 124 g/mol. The van der Waals surface area contributed by atoms with E-state index in [1.807, 2.05) is 0 Å². The molecule has 3 unspecified atom stereocenters. The van der Waals surface area contributed by atoms with E-state index in [1.165, 1.54) is 6.42 Å². The van der Waals surface area contributed by atoms with Gasteiger partial charge in [-0.2, -0.15) is 0 Å². The first-order valence-electron chi connectivity index (χ1n) is 4.23. The molecule has 1 saturated heterocycles. The van der Waals surface area contributed by atoms with Crippen molar-refractivity contribution < 1.29 is 0 Å². The Kier molecular flexibility index (Phi) is 2.69. The molecular formula is C8H18N2. The maximum absolute atomic E-state index is 3.52. The molecule has 1 heterocycles. The summed E-state index contributed by atoms with van der Waals surface area (Å²) < 4.78 is 0. The van der Waals surface area contributed by atoms with Gasteiger partial charge in [-0.15, -0.1) is 0 Å². The van der Waals surface area contributed by atoms with Gasteiger partial charge in [0.2, 0.25) is 0 Å². The van der Waals surface area contributed by atoms with Crippen molar-refractivity contribution in [3.8, 4) is 0 Å². The topological polar surface area (TPSA) is 24.1 Å². The quantitative estimate of drug-likeness (QED) is 0.564. The fourth-order valence-electron chi connectivity index (χ4n) is 1.63. The lowest BCUT2D eigenvalue weighted by molar-refractivity contribution is 0.285. The molecule has 0 aromatic heterocycles. The Hall–Kier alpha value is -0.0800. The van der Waals surface area contributed by atoms with Crippen LogP contribution in [-0.2, 0) is 0 Å². The second-order valence-corrected chi connectivity index (χ2v) is 3.28. The van der Waals surface area contributed by atoms with Gasteiger partial charge in [0.1, 0.15) is 0 Å². The minimum atomic E-state index is 0.633. The summed E-state index contributed by atoms with van der Waals surface area (Å²) >= 11 is 0. The zero-order valence-electron chi connectivity index (χ0n) is 7.15. The van der Waals surface area contributed by atoms with Gasteiger partial charge >= 0.3 is 0 Å². The summed E-state index contributed by atoms with van der Waals surface area (Å²) in [5.74, 6) is 0. The number of hydrogen-bond donors (Lipinski definition) is 2. The van der Waals surface area contributed by atoms with E-state index >= 15 is 0 Å². The summed E-state index contributed by atoms with van der Waals surface area (Å²) in [5, 5.41) is 7.02. The lowest BCUT2D eigenvalue weighted by Gasteiger charge is -2.34. The van der Waals surface area contributed by atoms with Crippen molar-refractivity contribution in [3.05, 3.63) is 0 Å². The fraction of sp³-hybridized carbons (Fsp3) is 1.00. The Morgan fingerprint density at radius 2 is 2.10 bits per heavy atom. The van der Waals surface area contributed by atoms with Gasteiger partial charge in [0.15, 0.2) is 0 Å². The van der Waals surface area contributed by atoms with E-state index in [1.54, 1.807) is 0 Å². The largest absolute Gasteiger partial charge is 0.311 e. The lowest BCUT2D eigenvalue weighted by atomic mass is 10.0. The molecule has 2 heteroatoms. The lowest BCUT2D eigenvalue weighted by Crippen LogP contribution is -2.58. The summed E-state index contributed by atoms with van der Waals surface area (Å²) in [4.78, 5) is 0. The highest BCUT2D eigenvalue weighted by Gasteiger charge is 2.21. The van der Waals surface area contributed by atoms with Gasteiger partial charge in [-0.05, 0) is 20.3 Å². The summed E-state index contributed by atoms with van der Waals surface area (Å²) in [6.07, 6.45) is 1.22. The third-order valence-electron chi connectivity index (χ3n) is 2.28. The van der Waals surface area contributed by atoms with Gasteiger partial charge in [-0.25, -0.2) is 0 Å². The van der Waals surface area contributed by atoms with E-state index in [-0.39, 0.29) is 0 Å². The molecule has 1 aliphatic heterocycles. The van der Waals surface area contributed by atoms with Crippen LogP contribution in [-0.4, -0.2) is 24.7 Å². The predicted octanol–water partition coefficient (Wildman–Crippen LogP) is 0.735. The van der Waals surface area contributed by atoms with Crippen molar-refractivity contribution in [2.45, 2.75) is 45.3 Å². The van der Waals surface area contributed by atoms with Crippen molar-refractivity contribution in [2.75, 3.05) is 6.54 Å². The molecule has 0 aromatic carbocycles. The predicted molar refractivity (Wildman–Crippen MR) is 44.1 cm³/mol. The zero-order chi connectivity index (χ0) is 7.56. The van der Waals surface area contributed by atoms with Gasteiger partial charge in [0.25, 0.3) is 0 Å². The van der Waals surface area contributed by atoms with E-state index < -0.39 is 0 Å². The van der Waals surface area contributed by atoms with Crippen molar-refractivity contribution >= 4 is 0 Å². The molecule has 1 fully saturated rings. The maximum Gasteiger partial charge on any atom is 0.0216 e. The molecule has 0 aromatic rings. The summed E-state index contributed by atoms with van der Waals surface area (Å²) in [6.45, 7) is 7.81. The summed E-state index contributed by atoms with van der Waals surface area (Å²) in [6, 6.07) is 1.95. The fourth-order valence-corrected chi connectivity index (χ4v) is 1.63. The Labute approximate surface area is 63.4 Å². The molecule has 1 rings (SSSR count). The van der Waals surface area contributed by atoms with Crippen LogP contribution in [0.25, 0.3) is 0 Å². The molecule has 10 heavy (non-hydrogen) atoms. The molecule has 2 N–H and O–H groups in total. The normalized spacial score (nSPS) is 41.7. The van der Waals surface area contributed by atoms with Crippen LogP contribution in [0.1, 0.15) is 27.2 Å². The molecule has 0 bridgehead atoms. The Morgan fingerprint density at radius 1 is 1.40 bits per heavy atom. The van der Waals surface area contributed by atoms with Gasteiger partial charge < -0.3 is 10.6 Å². The molecule has 60 valence electrons. The number of rotatable bonds is 1. The smallest absolute Gasteiger partial charge is 0.0216 e. The first kappa shape index (κ1) is 8.02. The van der Waals surface area contributed by atoms with Crippen molar-refractivity contribution in [2.24, 2.45) is 0 Å². The van der Waals surface area contributed by atoms with E-state index in [9.17, 15) is 0 Å². The standard InChI is InChI=1S/C8H18N2/c1-4-8-7(3)10-6(2)5-9-8/h6-10H,4-5H2,1-3H3. The highest BCUT2D eigenvalue weighted by atomic mass is 15.1. The minimum absolute atomic E-state index is 0.633. The highest BCUT2D eigenvalue weighted by molar-refractivity contribution is 4.86. The summed E-state index contributed by atoms with van der Waals surface area (Å²) in [5.41, 5.74) is 0. The van der Waals surface area contributed by atoms with Crippen LogP contribution in [0, 0.1) is 0 Å². The molecule has 0 saturated carbocycles. The van der Waals surface area contributed by atoms with Gasteiger partial charge in [-0.3, -0.25) is 0 Å². The van der Waals surface area contributed by atoms with Crippen molar-refractivity contribution in [3.63, 3.8) is 0 Å². The van der Waals surface area contributed by atoms with Crippen molar-refractivity contribution in [1.29, 1.82) is 0 Å². The molecule has 1 aliphatic rings. The van der Waals surface area contributed by atoms with Crippen LogP contribution in [0.15, 0.2) is 0 Å². The number of piperazine rings is 1. The average molecular weight is 142 g/mol. The monoisotopic (exact) mass is 142 g/mol. The Bertz CT molecular complexity index is 103. The third-order valence-corrected chi connectivity index (χ3v) is 2.28. The Balaban J connectivity index is 2.36. The highest BCUT2D eigenvalue weighted by Crippen LogP contribution is 2.03. The number of hydrogen-bond acceptors (Lipinski definition) is 2. The first-order valence-corrected chi connectivity index (χ1v) is 4.23. The SMILES string of the molecule is CCC1NCC(C)NC1C. The van der Waals surface area contributed by atoms with E-state index in [4.69, 9.17) is 0 Å². The van der Waals surface area contributed by atoms with Crippen LogP contribution < -0.4 is 10.6 Å². The molecule has 0 spiro atoms. The molecule has 0 amide bonds. The first-order chi connectivity index (χ1) is 4.74. The molecule has 3 atom stereocenters. The van der Waals surface area contributed by atoms with Gasteiger partial charge in [0, 0.05) is 24.7 Å². The second kappa shape index (κ2) is 3.35. The van der Waals surface area contributed by atoms with E-state index in [0.717, 1.165) is 6.54 Å². The summed E-state index contributed by atoms with van der Waals surface area (Å²) in [7, 11) is 0.